The highest BCUT2D eigenvalue weighted by atomic mass is 35.5. The first-order valence-corrected chi connectivity index (χ1v) is 10.8. The number of halogens is 1. The van der Waals surface area contributed by atoms with Crippen molar-refractivity contribution in [3.63, 3.8) is 0 Å². The number of benzene rings is 1. The number of thioether (sulfide) groups is 2. The lowest BCUT2D eigenvalue weighted by Gasteiger charge is -2.19. The fraction of sp³-hybridized carbons (Fsp3) is 0.421. The van der Waals surface area contributed by atoms with E-state index in [2.05, 4.69) is 4.74 Å². The molecular formula is C19H19ClO4S2. The fourth-order valence-corrected chi connectivity index (χ4v) is 5.74. The van der Waals surface area contributed by atoms with E-state index in [1.165, 1.54) is 18.9 Å². The highest BCUT2D eigenvalue weighted by Gasteiger charge is 2.30. The Labute approximate surface area is 166 Å². The summed E-state index contributed by atoms with van der Waals surface area (Å²) < 4.78 is 4.64. The summed E-state index contributed by atoms with van der Waals surface area (Å²) in [4.78, 5) is 38.8. The van der Waals surface area contributed by atoms with Crippen molar-refractivity contribution in [2.24, 2.45) is 0 Å². The number of ether oxygens (including phenoxy) is 1. The molecule has 0 atom stereocenters. The highest BCUT2D eigenvalue weighted by Crippen LogP contribution is 2.40. The molecule has 0 saturated carbocycles. The van der Waals surface area contributed by atoms with E-state index < -0.39 is 0 Å². The molecule has 4 nitrogen and oxygen atoms in total. The summed E-state index contributed by atoms with van der Waals surface area (Å²) in [7, 11) is 1.35. The van der Waals surface area contributed by atoms with Crippen LogP contribution < -0.4 is 0 Å². The molecule has 1 aliphatic carbocycles. The Morgan fingerprint density at radius 3 is 2.85 bits per heavy atom. The van der Waals surface area contributed by atoms with Gasteiger partial charge in [-0.2, -0.15) is 0 Å². The lowest BCUT2D eigenvalue weighted by Crippen LogP contribution is -2.19. The molecule has 0 spiro atoms. The van der Waals surface area contributed by atoms with Crippen LogP contribution in [0.1, 0.15) is 41.6 Å². The topological polar surface area (TPSA) is 60.4 Å². The van der Waals surface area contributed by atoms with E-state index in [4.69, 9.17) is 11.6 Å². The first-order valence-electron chi connectivity index (χ1n) is 8.47. The molecule has 26 heavy (non-hydrogen) atoms. The van der Waals surface area contributed by atoms with Gasteiger partial charge < -0.3 is 4.74 Å². The SMILES string of the molecule is COC(=O)CCSC1=C(C(=O)c2ccc3c(c2Cl)CCS3)C(=O)CCC1. The molecule has 3 rings (SSSR count). The number of rotatable bonds is 6. The Hall–Kier alpha value is -1.24. The zero-order valence-electron chi connectivity index (χ0n) is 14.4. The van der Waals surface area contributed by atoms with Gasteiger partial charge in [0, 0.05) is 28.4 Å². The van der Waals surface area contributed by atoms with Crippen LogP contribution in [0.5, 0.6) is 0 Å². The smallest absolute Gasteiger partial charge is 0.306 e. The van der Waals surface area contributed by atoms with Crippen molar-refractivity contribution >= 4 is 52.7 Å². The summed E-state index contributed by atoms with van der Waals surface area (Å²) >= 11 is 9.62. The van der Waals surface area contributed by atoms with E-state index in [-0.39, 0.29) is 29.5 Å². The first-order chi connectivity index (χ1) is 12.5. The molecule has 1 aromatic rings. The average molecular weight is 411 g/mol. The van der Waals surface area contributed by atoms with E-state index in [0.717, 1.165) is 34.0 Å². The average Bonchev–Trinajstić information content (AvgIpc) is 3.11. The number of carbonyl (C=O) groups excluding carboxylic acids is 3. The molecule has 0 aromatic heterocycles. The molecule has 0 amide bonds. The summed E-state index contributed by atoms with van der Waals surface area (Å²) in [5.74, 6) is 0.726. The molecule has 2 aliphatic rings. The van der Waals surface area contributed by atoms with Gasteiger partial charge in [-0.05, 0) is 41.9 Å². The van der Waals surface area contributed by atoms with Crippen LogP contribution in [0.3, 0.4) is 0 Å². The Morgan fingerprint density at radius 1 is 1.27 bits per heavy atom. The van der Waals surface area contributed by atoms with E-state index in [9.17, 15) is 14.4 Å². The second-order valence-corrected chi connectivity index (χ2v) is 8.79. The van der Waals surface area contributed by atoms with Crippen molar-refractivity contribution in [1.29, 1.82) is 0 Å². The summed E-state index contributed by atoms with van der Waals surface area (Å²) in [5, 5.41) is 0.474. The van der Waals surface area contributed by atoms with Gasteiger partial charge in [0.2, 0.25) is 0 Å². The molecule has 1 aliphatic heterocycles. The van der Waals surface area contributed by atoms with Gasteiger partial charge in [-0.25, -0.2) is 0 Å². The molecule has 7 heteroatoms. The number of allylic oxidation sites excluding steroid dienone is 2. The van der Waals surface area contributed by atoms with Gasteiger partial charge in [0.15, 0.2) is 11.6 Å². The van der Waals surface area contributed by atoms with E-state index in [1.807, 2.05) is 6.07 Å². The van der Waals surface area contributed by atoms with Crippen LogP contribution in [0.2, 0.25) is 5.02 Å². The van der Waals surface area contributed by atoms with Crippen LogP contribution in [0, 0.1) is 0 Å². The van der Waals surface area contributed by atoms with E-state index >= 15 is 0 Å². The monoisotopic (exact) mass is 410 g/mol. The first kappa shape index (κ1) is 19.5. The maximum atomic E-state index is 13.1. The number of fused-ring (bicyclic) bond motifs is 1. The van der Waals surface area contributed by atoms with Crippen LogP contribution in [0.15, 0.2) is 27.5 Å². The third-order valence-corrected chi connectivity index (χ3v) is 7.16. The molecule has 0 saturated heterocycles. The maximum absolute atomic E-state index is 13.1. The number of methoxy groups -OCH3 is 1. The predicted octanol–water partition coefficient (Wildman–Crippen LogP) is 4.47. The van der Waals surface area contributed by atoms with Crippen LogP contribution >= 0.6 is 35.1 Å². The molecule has 1 heterocycles. The normalized spacial score (nSPS) is 16.6. The fourth-order valence-electron chi connectivity index (χ4n) is 3.12. The summed E-state index contributed by atoms with van der Waals surface area (Å²) in [6, 6.07) is 3.65. The molecular weight excluding hydrogens is 392 g/mol. The lowest BCUT2D eigenvalue weighted by molar-refractivity contribution is -0.140. The number of ketones is 2. The summed E-state index contributed by atoms with van der Waals surface area (Å²) in [5.41, 5.74) is 1.66. The zero-order chi connectivity index (χ0) is 18.7. The molecule has 0 N–H and O–H groups in total. The highest BCUT2D eigenvalue weighted by molar-refractivity contribution is 8.03. The quantitative estimate of drug-likeness (QED) is 0.391. The second kappa shape index (κ2) is 8.63. The Balaban J connectivity index is 1.89. The van der Waals surface area contributed by atoms with Crippen molar-refractivity contribution in [3.8, 4) is 0 Å². The van der Waals surface area contributed by atoms with Crippen LogP contribution in [-0.4, -0.2) is 36.2 Å². The van der Waals surface area contributed by atoms with Crippen molar-refractivity contribution in [3.05, 3.63) is 38.8 Å². The Morgan fingerprint density at radius 2 is 2.08 bits per heavy atom. The molecule has 138 valence electrons. The summed E-state index contributed by atoms with van der Waals surface area (Å²) in [6.45, 7) is 0. The van der Waals surface area contributed by atoms with Crippen molar-refractivity contribution in [1.82, 2.24) is 0 Å². The van der Waals surface area contributed by atoms with E-state index in [1.54, 1.807) is 17.8 Å². The van der Waals surface area contributed by atoms with Crippen LogP contribution in [0.4, 0.5) is 0 Å². The maximum Gasteiger partial charge on any atom is 0.306 e. The predicted molar refractivity (Wildman–Crippen MR) is 105 cm³/mol. The molecule has 0 bridgehead atoms. The number of hydrogen-bond donors (Lipinski definition) is 0. The van der Waals surface area contributed by atoms with Gasteiger partial charge in [0.1, 0.15) is 0 Å². The van der Waals surface area contributed by atoms with Crippen molar-refractivity contribution < 1.29 is 19.1 Å². The number of carbonyl (C=O) groups is 3. The minimum absolute atomic E-state index is 0.132. The lowest BCUT2D eigenvalue weighted by atomic mass is 9.91. The molecule has 0 fully saturated rings. The third-order valence-electron chi connectivity index (χ3n) is 4.46. The number of hydrogen-bond acceptors (Lipinski definition) is 6. The number of esters is 1. The van der Waals surface area contributed by atoms with Gasteiger partial charge in [-0.3, -0.25) is 14.4 Å². The van der Waals surface area contributed by atoms with Crippen LogP contribution in [-0.2, 0) is 20.7 Å². The van der Waals surface area contributed by atoms with Crippen molar-refractivity contribution in [2.45, 2.75) is 37.0 Å². The zero-order valence-corrected chi connectivity index (χ0v) is 16.8. The van der Waals surface area contributed by atoms with Gasteiger partial charge in [0.25, 0.3) is 0 Å². The van der Waals surface area contributed by atoms with E-state index in [0.29, 0.717) is 29.2 Å². The van der Waals surface area contributed by atoms with Gasteiger partial charge in [-0.1, -0.05) is 11.6 Å². The Bertz CT molecular complexity index is 801. The van der Waals surface area contributed by atoms with Gasteiger partial charge in [0.05, 0.1) is 24.1 Å². The largest absolute Gasteiger partial charge is 0.469 e. The second-order valence-electron chi connectivity index (χ2n) is 6.08. The van der Waals surface area contributed by atoms with Gasteiger partial charge in [-0.15, -0.1) is 23.5 Å². The Kier molecular flexibility index (Phi) is 6.48. The standard InChI is InChI=1S/C19H19ClO4S2/c1-24-16(22)8-10-26-15-4-2-3-13(21)17(15)19(23)12-5-6-14-11(18(12)20)7-9-25-14/h5-6H,2-4,7-10H2,1H3. The van der Waals surface area contributed by atoms with Crippen molar-refractivity contribution in [2.75, 3.05) is 18.6 Å². The summed E-state index contributed by atoms with van der Waals surface area (Å²) in [6.07, 6.45) is 2.87. The third kappa shape index (κ3) is 4.02. The number of Topliss-reactive ketones (excluding diaryl/α,β-unsaturated/α-hetero) is 2. The van der Waals surface area contributed by atoms with Crippen LogP contribution in [0.25, 0.3) is 0 Å². The molecule has 0 unspecified atom stereocenters. The minimum atomic E-state index is -0.299. The molecule has 1 aromatic carbocycles. The molecule has 0 radical (unpaired) electrons. The van der Waals surface area contributed by atoms with Gasteiger partial charge >= 0.3 is 5.97 Å². The minimum Gasteiger partial charge on any atom is -0.469 e.